The number of nitrogens with one attached hydrogen (secondary N) is 1. The number of para-hydroxylation sites is 1. The van der Waals surface area contributed by atoms with E-state index in [-0.39, 0.29) is 5.91 Å². The lowest BCUT2D eigenvalue weighted by molar-refractivity contribution is 0.0749. The maximum atomic E-state index is 13.1. The molecule has 2 aliphatic heterocycles. The molecule has 6 nitrogen and oxygen atoms in total. The monoisotopic (exact) mass is 340 g/mol. The molecule has 0 radical (unpaired) electrons. The lowest BCUT2D eigenvalue weighted by Crippen LogP contribution is -2.33. The maximum absolute atomic E-state index is 13.1. The fourth-order valence-corrected chi connectivity index (χ4v) is 3.94. The van der Waals surface area contributed by atoms with Crippen LogP contribution in [0.1, 0.15) is 23.3 Å². The third-order valence-corrected chi connectivity index (χ3v) is 5.43. The lowest BCUT2D eigenvalue weighted by Gasteiger charge is -2.20. The Balaban J connectivity index is 1.56. The van der Waals surface area contributed by atoms with E-state index in [4.69, 9.17) is 4.74 Å². The number of likely N-dealkylation sites (tertiary alicyclic amines) is 1. The highest BCUT2D eigenvalue weighted by molar-refractivity contribution is 5.95. The molecule has 1 amide bonds. The van der Waals surface area contributed by atoms with Crippen LogP contribution in [0, 0.1) is 11.8 Å². The quantitative estimate of drug-likeness (QED) is 0.928. The van der Waals surface area contributed by atoms with Crippen LogP contribution in [0.3, 0.4) is 0 Å². The molecular weight excluding hydrogens is 316 g/mol. The Morgan fingerprint density at radius 1 is 1.16 bits per heavy atom. The van der Waals surface area contributed by atoms with Gasteiger partial charge >= 0.3 is 0 Å². The second-order valence-electron chi connectivity index (χ2n) is 6.87. The SMILES string of the molecule is COc1cn(-c2ccccc2)nc1C(=O)N1CC[C@@H]2CNC[C@@H]2CC1. The smallest absolute Gasteiger partial charge is 0.278 e. The number of methoxy groups -OCH3 is 1. The van der Waals surface area contributed by atoms with Gasteiger partial charge in [0.05, 0.1) is 19.0 Å². The molecule has 3 heterocycles. The second-order valence-corrected chi connectivity index (χ2v) is 6.87. The Kier molecular flexibility index (Phi) is 4.44. The summed E-state index contributed by atoms with van der Waals surface area (Å²) in [6.07, 6.45) is 3.90. The van der Waals surface area contributed by atoms with Crippen molar-refractivity contribution >= 4 is 5.91 Å². The summed E-state index contributed by atoms with van der Waals surface area (Å²) in [5, 5.41) is 7.99. The van der Waals surface area contributed by atoms with Crippen LogP contribution in [-0.4, -0.2) is 53.9 Å². The van der Waals surface area contributed by atoms with E-state index >= 15 is 0 Å². The molecule has 0 aliphatic carbocycles. The topological polar surface area (TPSA) is 59.4 Å². The van der Waals surface area contributed by atoms with Gasteiger partial charge in [0.2, 0.25) is 0 Å². The van der Waals surface area contributed by atoms with Gasteiger partial charge in [-0.3, -0.25) is 4.79 Å². The molecule has 6 heteroatoms. The van der Waals surface area contributed by atoms with E-state index in [2.05, 4.69) is 10.4 Å². The van der Waals surface area contributed by atoms with Crippen LogP contribution in [-0.2, 0) is 0 Å². The van der Waals surface area contributed by atoms with Crippen LogP contribution in [0.5, 0.6) is 5.75 Å². The predicted octanol–water partition coefficient (Wildman–Crippen LogP) is 1.95. The summed E-state index contributed by atoms with van der Waals surface area (Å²) < 4.78 is 7.14. The zero-order valence-corrected chi connectivity index (χ0v) is 14.5. The van der Waals surface area contributed by atoms with Crippen molar-refractivity contribution in [3.8, 4) is 11.4 Å². The van der Waals surface area contributed by atoms with Gasteiger partial charge in [-0.15, -0.1) is 0 Å². The molecule has 25 heavy (non-hydrogen) atoms. The highest BCUT2D eigenvalue weighted by Gasteiger charge is 2.33. The van der Waals surface area contributed by atoms with E-state index < -0.39 is 0 Å². The average Bonchev–Trinajstić information content (AvgIpc) is 3.24. The fraction of sp³-hybridized carbons (Fsp3) is 0.474. The number of carbonyl (C=O) groups excluding carboxylic acids is 1. The summed E-state index contributed by atoms with van der Waals surface area (Å²) in [4.78, 5) is 15.0. The van der Waals surface area contributed by atoms with Crippen LogP contribution in [0.25, 0.3) is 5.69 Å². The third kappa shape index (κ3) is 3.14. The van der Waals surface area contributed by atoms with Crippen molar-refractivity contribution in [2.75, 3.05) is 33.3 Å². The van der Waals surface area contributed by atoms with Crippen molar-refractivity contribution in [3.05, 3.63) is 42.2 Å². The number of nitrogens with zero attached hydrogens (tertiary/aromatic N) is 3. The molecule has 2 aliphatic rings. The first-order valence-electron chi connectivity index (χ1n) is 8.95. The van der Waals surface area contributed by atoms with Crippen LogP contribution >= 0.6 is 0 Å². The lowest BCUT2D eigenvalue weighted by atomic mass is 9.92. The van der Waals surface area contributed by atoms with Crippen molar-refractivity contribution in [2.24, 2.45) is 11.8 Å². The molecule has 132 valence electrons. The molecule has 2 aromatic rings. The van der Waals surface area contributed by atoms with E-state index in [1.807, 2.05) is 35.2 Å². The van der Waals surface area contributed by atoms with Crippen molar-refractivity contribution in [1.82, 2.24) is 20.0 Å². The molecule has 1 aromatic carbocycles. The minimum Gasteiger partial charge on any atom is -0.493 e. The third-order valence-electron chi connectivity index (χ3n) is 5.43. The Morgan fingerprint density at radius 3 is 2.48 bits per heavy atom. The molecule has 0 unspecified atom stereocenters. The van der Waals surface area contributed by atoms with Gasteiger partial charge in [0, 0.05) is 13.1 Å². The van der Waals surface area contributed by atoms with Crippen molar-refractivity contribution in [1.29, 1.82) is 0 Å². The number of benzene rings is 1. The summed E-state index contributed by atoms with van der Waals surface area (Å²) in [5.41, 5.74) is 1.31. The second kappa shape index (κ2) is 6.88. The maximum Gasteiger partial charge on any atom is 0.278 e. The number of aromatic nitrogens is 2. The Bertz CT molecular complexity index is 729. The van der Waals surface area contributed by atoms with Crippen molar-refractivity contribution in [2.45, 2.75) is 12.8 Å². The zero-order valence-electron chi connectivity index (χ0n) is 14.5. The van der Waals surface area contributed by atoms with E-state index in [9.17, 15) is 4.79 Å². The minimum atomic E-state index is -0.0283. The van der Waals surface area contributed by atoms with Gasteiger partial charge in [-0.1, -0.05) is 18.2 Å². The first-order chi connectivity index (χ1) is 12.3. The summed E-state index contributed by atoms with van der Waals surface area (Å²) >= 11 is 0. The normalized spacial score (nSPS) is 23.2. The van der Waals surface area contributed by atoms with Gasteiger partial charge in [0.15, 0.2) is 11.4 Å². The molecule has 0 spiro atoms. The van der Waals surface area contributed by atoms with Gasteiger partial charge in [-0.05, 0) is 49.9 Å². The number of fused-ring (bicyclic) bond motifs is 1. The van der Waals surface area contributed by atoms with Crippen LogP contribution in [0.4, 0.5) is 0 Å². The van der Waals surface area contributed by atoms with E-state index in [1.54, 1.807) is 18.0 Å². The van der Waals surface area contributed by atoms with Crippen molar-refractivity contribution in [3.63, 3.8) is 0 Å². The van der Waals surface area contributed by atoms with Crippen LogP contribution < -0.4 is 10.1 Å². The highest BCUT2D eigenvalue weighted by Crippen LogP contribution is 2.29. The van der Waals surface area contributed by atoms with E-state index in [0.29, 0.717) is 23.3 Å². The summed E-state index contributed by atoms with van der Waals surface area (Å²) in [7, 11) is 1.58. The Hall–Kier alpha value is -2.34. The number of rotatable bonds is 3. The number of carbonyl (C=O) groups is 1. The number of amides is 1. The van der Waals surface area contributed by atoms with E-state index in [0.717, 1.165) is 44.7 Å². The highest BCUT2D eigenvalue weighted by atomic mass is 16.5. The Labute approximate surface area is 147 Å². The first kappa shape index (κ1) is 16.1. The van der Waals surface area contributed by atoms with Crippen LogP contribution in [0.2, 0.25) is 0 Å². The fourth-order valence-electron chi connectivity index (χ4n) is 3.94. The van der Waals surface area contributed by atoms with Crippen LogP contribution in [0.15, 0.2) is 36.5 Å². The van der Waals surface area contributed by atoms with Crippen molar-refractivity contribution < 1.29 is 9.53 Å². The largest absolute Gasteiger partial charge is 0.493 e. The molecule has 2 atom stereocenters. The molecular formula is C19H24N4O2. The molecule has 4 rings (SSSR count). The van der Waals surface area contributed by atoms with Gasteiger partial charge in [-0.25, -0.2) is 4.68 Å². The molecule has 0 bridgehead atoms. The summed E-state index contributed by atoms with van der Waals surface area (Å²) in [6.45, 7) is 3.75. The molecule has 2 saturated heterocycles. The zero-order chi connectivity index (χ0) is 17.2. The Morgan fingerprint density at radius 2 is 1.84 bits per heavy atom. The van der Waals surface area contributed by atoms with E-state index in [1.165, 1.54) is 0 Å². The first-order valence-corrected chi connectivity index (χ1v) is 8.95. The van der Waals surface area contributed by atoms with Gasteiger partial charge in [-0.2, -0.15) is 5.10 Å². The standard InChI is InChI=1S/C19H24N4O2/c1-25-17-13-23(16-5-3-2-4-6-16)21-18(17)19(24)22-9-7-14-11-20-12-15(14)8-10-22/h2-6,13-15,20H,7-12H2,1H3/t14-,15+. The molecule has 1 N–H and O–H groups in total. The number of hydrogen-bond donors (Lipinski definition) is 1. The average molecular weight is 340 g/mol. The number of hydrogen-bond acceptors (Lipinski definition) is 4. The molecule has 2 fully saturated rings. The molecule has 0 saturated carbocycles. The van der Waals surface area contributed by atoms with Gasteiger partial charge in [0.25, 0.3) is 5.91 Å². The predicted molar refractivity (Wildman–Crippen MR) is 95.1 cm³/mol. The van der Waals surface area contributed by atoms with Gasteiger partial charge in [0.1, 0.15) is 0 Å². The molecule has 1 aromatic heterocycles. The van der Waals surface area contributed by atoms with Gasteiger partial charge < -0.3 is 15.0 Å². The minimum absolute atomic E-state index is 0.0283. The number of ether oxygens (including phenoxy) is 1. The summed E-state index contributed by atoms with van der Waals surface area (Å²) in [6, 6.07) is 9.78. The summed E-state index contributed by atoms with van der Waals surface area (Å²) in [5.74, 6) is 1.89.